The maximum Gasteiger partial charge on any atom is 0.0985 e. The summed E-state index contributed by atoms with van der Waals surface area (Å²) in [7, 11) is 0. The molecule has 3 rings (SSSR count). The van der Waals surface area contributed by atoms with Gasteiger partial charge >= 0.3 is 0 Å². The molecule has 1 aliphatic rings. The van der Waals surface area contributed by atoms with Gasteiger partial charge in [0.15, 0.2) is 0 Å². The van der Waals surface area contributed by atoms with Crippen LogP contribution in [0.15, 0.2) is 24.7 Å². The first-order valence-corrected chi connectivity index (χ1v) is 5.63. The average Bonchev–Trinajstić information content (AvgIpc) is 2.88. The Bertz CT molecular complexity index is 530. The monoisotopic (exact) mass is 310 g/mol. The second-order valence-corrected chi connectivity index (χ2v) is 4.46. The molecule has 0 amide bonds. The minimum absolute atomic E-state index is 0.868. The molecule has 0 atom stereocenters. The lowest BCUT2D eigenvalue weighted by Crippen LogP contribution is -1.94. The summed E-state index contributed by atoms with van der Waals surface area (Å²) in [6.45, 7) is 0. The van der Waals surface area contributed by atoms with Crippen LogP contribution in [-0.4, -0.2) is 20.2 Å². The minimum Gasteiger partial charge on any atom is -0.285 e. The number of allylic oxidation sites excluding steroid dienone is 1. The lowest BCUT2D eigenvalue weighted by atomic mass is 10.2. The number of rotatable bonds is 1. The Morgan fingerprint density at radius 3 is 3.07 bits per heavy atom. The molecule has 2 heterocycles. The van der Waals surface area contributed by atoms with Gasteiger partial charge in [-0.1, -0.05) is 6.08 Å². The van der Waals surface area contributed by atoms with E-state index < -0.39 is 0 Å². The molecular formula is C10H7IN4. The summed E-state index contributed by atoms with van der Waals surface area (Å²) in [6, 6.07) is 0. The molecule has 15 heavy (non-hydrogen) atoms. The van der Waals surface area contributed by atoms with Crippen LogP contribution in [0.1, 0.15) is 11.4 Å². The Morgan fingerprint density at radius 2 is 2.27 bits per heavy atom. The van der Waals surface area contributed by atoms with Crippen LogP contribution >= 0.6 is 22.6 Å². The zero-order chi connectivity index (χ0) is 10.3. The third kappa shape index (κ3) is 1.46. The highest BCUT2D eigenvalue weighted by Gasteiger charge is 2.16. The number of halogens is 1. The quantitative estimate of drug-likeness (QED) is 0.822. The molecule has 0 saturated heterocycles. The van der Waals surface area contributed by atoms with Crippen molar-refractivity contribution in [1.82, 2.24) is 20.2 Å². The Hall–Kier alpha value is -1.24. The van der Waals surface area contributed by atoms with Crippen LogP contribution < -0.4 is 0 Å². The summed E-state index contributed by atoms with van der Waals surface area (Å²) in [5.41, 5.74) is 3.91. The van der Waals surface area contributed by atoms with Crippen LogP contribution in [0.2, 0.25) is 0 Å². The average molecular weight is 310 g/mol. The molecule has 0 aromatic carbocycles. The topological polar surface area (TPSA) is 54.5 Å². The van der Waals surface area contributed by atoms with Crippen molar-refractivity contribution in [2.24, 2.45) is 0 Å². The van der Waals surface area contributed by atoms with E-state index in [1.807, 2.05) is 6.20 Å². The van der Waals surface area contributed by atoms with Gasteiger partial charge in [0, 0.05) is 21.8 Å². The maximum absolute atomic E-state index is 4.58. The van der Waals surface area contributed by atoms with E-state index in [1.54, 1.807) is 12.4 Å². The molecule has 0 unspecified atom stereocenters. The van der Waals surface area contributed by atoms with E-state index in [-0.39, 0.29) is 0 Å². The van der Waals surface area contributed by atoms with Crippen molar-refractivity contribution in [2.75, 3.05) is 0 Å². The lowest BCUT2D eigenvalue weighted by molar-refractivity contribution is 1.07. The molecule has 0 aliphatic heterocycles. The number of aromatic amines is 1. The lowest BCUT2D eigenvalue weighted by Gasteiger charge is -2.01. The molecular weight excluding hydrogens is 303 g/mol. The van der Waals surface area contributed by atoms with E-state index in [0.29, 0.717) is 0 Å². The molecule has 1 aliphatic carbocycles. The van der Waals surface area contributed by atoms with Crippen molar-refractivity contribution in [3.05, 3.63) is 36.1 Å². The van der Waals surface area contributed by atoms with Gasteiger partial charge in [0.25, 0.3) is 0 Å². The van der Waals surface area contributed by atoms with Crippen molar-refractivity contribution in [2.45, 2.75) is 6.42 Å². The molecule has 0 saturated carbocycles. The van der Waals surface area contributed by atoms with Gasteiger partial charge in [0.05, 0.1) is 29.5 Å². The maximum atomic E-state index is 4.58. The fourth-order valence-corrected chi connectivity index (χ4v) is 2.22. The van der Waals surface area contributed by atoms with E-state index >= 15 is 0 Å². The molecule has 4 nitrogen and oxygen atoms in total. The van der Waals surface area contributed by atoms with Gasteiger partial charge in [-0.05, 0) is 22.6 Å². The molecule has 0 spiro atoms. The highest BCUT2D eigenvalue weighted by Crippen LogP contribution is 2.30. The van der Waals surface area contributed by atoms with Gasteiger partial charge in [0.1, 0.15) is 0 Å². The van der Waals surface area contributed by atoms with E-state index in [1.165, 1.54) is 3.58 Å². The Balaban J connectivity index is 2.13. The van der Waals surface area contributed by atoms with Gasteiger partial charge in [-0.3, -0.25) is 10.1 Å². The number of hydrogen-bond donors (Lipinski definition) is 1. The molecule has 1 N–H and O–H groups in total. The van der Waals surface area contributed by atoms with Crippen LogP contribution in [0.3, 0.4) is 0 Å². The van der Waals surface area contributed by atoms with Gasteiger partial charge in [-0.2, -0.15) is 5.10 Å². The Labute approximate surface area is 100.0 Å². The Kier molecular flexibility index (Phi) is 2.05. The van der Waals surface area contributed by atoms with Crippen molar-refractivity contribution < 1.29 is 0 Å². The fraction of sp³-hybridized carbons (Fsp3) is 0.100. The number of hydrogen-bond acceptors (Lipinski definition) is 3. The molecule has 74 valence electrons. The normalized spacial score (nSPS) is 13.8. The summed E-state index contributed by atoms with van der Waals surface area (Å²) in [5, 5.41) is 6.67. The first-order valence-electron chi connectivity index (χ1n) is 4.55. The van der Waals surface area contributed by atoms with Crippen LogP contribution in [0, 0.1) is 0 Å². The first kappa shape index (κ1) is 9.02. The van der Waals surface area contributed by atoms with Gasteiger partial charge in [-0.15, -0.1) is 0 Å². The van der Waals surface area contributed by atoms with E-state index in [0.717, 1.165) is 29.1 Å². The number of nitrogens with zero attached hydrogens (tertiary/aromatic N) is 3. The highest BCUT2D eigenvalue weighted by atomic mass is 127. The van der Waals surface area contributed by atoms with Crippen LogP contribution in [0.5, 0.6) is 0 Å². The van der Waals surface area contributed by atoms with Crippen LogP contribution in [0.25, 0.3) is 14.8 Å². The molecule has 2 aromatic heterocycles. The van der Waals surface area contributed by atoms with Crippen molar-refractivity contribution in [3.63, 3.8) is 0 Å². The summed E-state index contributed by atoms with van der Waals surface area (Å²) in [6.07, 6.45) is 8.41. The molecule has 0 fully saturated rings. The number of nitrogens with one attached hydrogen (secondary N) is 1. The number of fused-ring (bicyclic) bond motifs is 1. The van der Waals surface area contributed by atoms with E-state index in [4.69, 9.17) is 0 Å². The highest BCUT2D eigenvalue weighted by molar-refractivity contribution is 14.1. The zero-order valence-electron chi connectivity index (χ0n) is 7.74. The van der Waals surface area contributed by atoms with Crippen molar-refractivity contribution >= 4 is 26.2 Å². The third-order valence-corrected chi connectivity index (χ3v) is 3.29. The predicted octanol–water partition coefficient (Wildman–Crippen LogP) is 2.20. The molecule has 0 bridgehead atoms. The van der Waals surface area contributed by atoms with E-state index in [9.17, 15) is 0 Å². The van der Waals surface area contributed by atoms with Crippen LogP contribution in [-0.2, 0) is 6.42 Å². The van der Waals surface area contributed by atoms with Gasteiger partial charge in [-0.25, -0.2) is 4.98 Å². The van der Waals surface area contributed by atoms with Crippen molar-refractivity contribution in [3.8, 4) is 11.3 Å². The van der Waals surface area contributed by atoms with Crippen molar-refractivity contribution in [1.29, 1.82) is 0 Å². The molecule has 2 aromatic rings. The summed E-state index contributed by atoms with van der Waals surface area (Å²) in [4.78, 5) is 8.98. The van der Waals surface area contributed by atoms with Gasteiger partial charge in [0.2, 0.25) is 0 Å². The zero-order valence-corrected chi connectivity index (χ0v) is 9.89. The summed E-state index contributed by atoms with van der Waals surface area (Å²) < 4.78 is 1.18. The molecule has 5 heteroatoms. The second kappa shape index (κ2) is 3.41. The van der Waals surface area contributed by atoms with Crippen LogP contribution in [0.4, 0.5) is 0 Å². The Morgan fingerprint density at radius 1 is 1.33 bits per heavy atom. The smallest absolute Gasteiger partial charge is 0.0985 e. The van der Waals surface area contributed by atoms with E-state index in [2.05, 4.69) is 48.8 Å². The summed E-state index contributed by atoms with van der Waals surface area (Å²) >= 11 is 2.29. The SMILES string of the molecule is IC1=CCc2ncc(-c3cn[nH]c3)nc21. The predicted molar refractivity (Wildman–Crippen MR) is 65.3 cm³/mol. The largest absolute Gasteiger partial charge is 0.285 e. The fourth-order valence-electron chi connectivity index (χ4n) is 1.57. The first-order chi connectivity index (χ1) is 7.34. The number of H-pyrrole nitrogens is 1. The minimum atomic E-state index is 0.868. The standard InChI is InChI=1S/C10H7IN4/c11-7-1-2-8-10(7)15-9(5-12-8)6-3-13-14-4-6/h1,3-5H,2H2,(H,13,14). The van der Waals surface area contributed by atoms with Gasteiger partial charge < -0.3 is 0 Å². The second-order valence-electron chi connectivity index (χ2n) is 3.29. The summed E-state index contributed by atoms with van der Waals surface area (Å²) in [5.74, 6) is 0. The molecule has 0 radical (unpaired) electrons. The third-order valence-electron chi connectivity index (χ3n) is 2.34. The number of aromatic nitrogens is 4.